The van der Waals surface area contributed by atoms with Gasteiger partial charge < -0.3 is 14.7 Å². The van der Waals surface area contributed by atoms with Gasteiger partial charge in [0.25, 0.3) is 0 Å². The molecule has 2 N–H and O–H groups in total. The number of primary amides is 1. The van der Waals surface area contributed by atoms with Crippen molar-refractivity contribution in [3.8, 4) is 5.69 Å². The number of aromatic nitrogens is 4. The van der Waals surface area contributed by atoms with Crippen LogP contribution in [0.5, 0.6) is 0 Å². The highest BCUT2D eigenvalue weighted by atomic mass is 32.2. The van der Waals surface area contributed by atoms with Gasteiger partial charge in [-0.25, -0.2) is 4.39 Å². The number of carbonyl (C=O) groups is 2. The predicted octanol–water partition coefficient (Wildman–Crippen LogP) is 4.17. The van der Waals surface area contributed by atoms with Gasteiger partial charge >= 0.3 is 0 Å². The Kier molecular flexibility index (Phi) is 7.20. The molecule has 0 aliphatic carbocycles. The Morgan fingerprint density at radius 3 is 2.63 bits per heavy atom. The number of Topliss-reactive ketones (excluding diaryl/α,β-unsaturated/α-hetero) is 1. The Morgan fingerprint density at radius 2 is 1.94 bits per heavy atom. The minimum Gasteiger partial charge on any atom is -0.467 e. The van der Waals surface area contributed by atoms with Crippen LogP contribution in [0.3, 0.4) is 0 Å². The Labute approximate surface area is 206 Å². The molecular formula is C25H26FN5O3S. The van der Waals surface area contributed by atoms with Crippen LogP contribution in [0.2, 0.25) is 0 Å². The number of hydrogen-bond acceptors (Lipinski definition) is 6. The molecule has 3 aromatic heterocycles. The van der Waals surface area contributed by atoms with Crippen LogP contribution in [0, 0.1) is 26.6 Å². The molecule has 0 bridgehead atoms. The van der Waals surface area contributed by atoms with E-state index in [1.54, 1.807) is 25.3 Å². The number of aryl methyl sites for hydroxylation is 3. The largest absolute Gasteiger partial charge is 0.467 e. The summed E-state index contributed by atoms with van der Waals surface area (Å²) in [7, 11) is 0. The van der Waals surface area contributed by atoms with Crippen LogP contribution in [0.4, 0.5) is 4.39 Å². The van der Waals surface area contributed by atoms with Crippen molar-refractivity contribution < 1.29 is 18.4 Å². The molecule has 1 amide bonds. The van der Waals surface area contributed by atoms with Gasteiger partial charge in [0.05, 0.1) is 18.6 Å². The smallest absolute Gasteiger partial charge is 0.217 e. The number of furan rings is 1. The highest BCUT2D eigenvalue weighted by molar-refractivity contribution is 7.99. The molecule has 0 saturated carbocycles. The van der Waals surface area contributed by atoms with E-state index < -0.39 is 5.91 Å². The molecule has 0 radical (unpaired) electrons. The van der Waals surface area contributed by atoms with E-state index in [0.29, 0.717) is 46.5 Å². The SMILES string of the molecule is Cc1ccc(-n2c(C)cc(C(=O)CSc3nnc(CCC(N)=O)n3Cc3ccco3)c2C)cc1F. The first-order chi connectivity index (χ1) is 16.7. The highest BCUT2D eigenvalue weighted by Crippen LogP contribution is 2.26. The van der Waals surface area contributed by atoms with Gasteiger partial charge in [0, 0.05) is 35.5 Å². The lowest BCUT2D eigenvalue weighted by Gasteiger charge is -2.11. The number of carbonyl (C=O) groups excluding carboxylic acids is 2. The van der Waals surface area contributed by atoms with Crippen molar-refractivity contribution in [3.05, 3.63) is 82.6 Å². The van der Waals surface area contributed by atoms with Crippen molar-refractivity contribution >= 4 is 23.5 Å². The van der Waals surface area contributed by atoms with Crippen LogP contribution in [0.15, 0.2) is 52.2 Å². The van der Waals surface area contributed by atoms with Crippen molar-refractivity contribution in [1.29, 1.82) is 0 Å². The fourth-order valence-electron chi connectivity index (χ4n) is 3.93. The zero-order chi connectivity index (χ0) is 25.1. The van der Waals surface area contributed by atoms with Crippen LogP contribution in [0.25, 0.3) is 5.69 Å². The molecule has 3 heterocycles. The molecule has 0 saturated heterocycles. The normalized spacial score (nSPS) is 11.2. The van der Waals surface area contributed by atoms with Crippen LogP contribution in [0.1, 0.15) is 45.3 Å². The average Bonchev–Trinajstić information content (AvgIpc) is 3.53. The third-order valence-corrected chi connectivity index (χ3v) is 6.73. The van der Waals surface area contributed by atoms with E-state index in [2.05, 4.69) is 10.2 Å². The maximum atomic E-state index is 14.1. The van der Waals surface area contributed by atoms with Crippen LogP contribution in [-0.4, -0.2) is 36.8 Å². The maximum absolute atomic E-state index is 14.1. The summed E-state index contributed by atoms with van der Waals surface area (Å²) < 4.78 is 23.3. The Morgan fingerprint density at radius 1 is 1.14 bits per heavy atom. The van der Waals surface area contributed by atoms with E-state index in [1.165, 1.54) is 17.8 Å². The van der Waals surface area contributed by atoms with Gasteiger partial charge in [0.15, 0.2) is 10.9 Å². The van der Waals surface area contributed by atoms with Gasteiger partial charge in [-0.15, -0.1) is 10.2 Å². The second-order valence-electron chi connectivity index (χ2n) is 8.30. The summed E-state index contributed by atoms with van der Waals surface area (Å²) in [4.78, 5) is 24.4. The first kappa shape index (κ1) is 24.5. The second-order valence-corrected chi connectivity index (χ2v) is 9.24. The number of benzene rings is 1. The van der Waals surface area contributed by atoms with E-state index >= 15 is 0 Å². The summed E-state index contributed by atoms with van der Waals surface area (Å²) in [6, 6.07) is 10.5. The predicted molar refractivity (Wildman–Crippen MR) is 130 cm³/mol. The quantitative estimate of drug-likeness (QED) is 0.261. The van der Waals surface area contributed by atoms with E-state index in [-0.39, 0.29) is 23.8 Å². The van der Waals surface area contributed by atoms with Gasteiger partial charge in [0.2, 0.25) is 5.91 Å². The molecule has 10 heteroatoms. The number of hydrogen-bond donors (Lipinski definition) is 1. The summed E-state index contributed by atoms with van der Waals surface area (Å²) in [5, 5.41) is 8.98. The van der Waals surface area contributed by atoms with Crippen molar-refractivity contribution in [2.45, 2.75) is 45.3 Å². The molecule has 1 aromatic carbocycles. The molecule has 4 rings (SSSR count). The standard InChI is InChI=1S/C25H26FN5O3S/c1-15-6-7-18(12-21(15)26)31-16(2)11-20(17(31)3)22(32)14-35-25-29-28-24(9-8-23(27)33)30(25)13-19-5-4-10-34-19/h4-7,10-12H,8-9,13-14H2,1-3H3,(H2,27,33). The first-order valence-corrected chi connectivity index (χ1v) is 12.1. The second kappa shape index (κ2) is 10.3. The third kappa shape index (κ3) is 5.37. The monoisotopic (exact) mass is 495 g/mol. The molecule has 0 aliphatic heterocycles. The minimum atomic E-state index is -0.425. The summed E-state index contributed by atoms with van der Waals surface area (Å²) >= 11 is 1.26. The zero-order valence-electron chi connectivity index (χ0n) is 19.7. The van der Waals surface area contributed by atoms with Gasteiger partial charge in [-0.3, -0.25) is 14.2 Å². The summed E-state index contributed by atoms with van der Waals surface area (Å²) in [6.07, 6.45) is 2.06. The van der Waals surface area contributed by atoms with Crippen LogP contribution >= 0.6 is 11.8 Å². The number of rotatable bonds is 10. The zero-order valence-corrected chi connectivity index (χ0v) is 20.6. The van der Waals surface area contributed by atoms with E-state index in [4.69, 9.17) is 10.2 Å². The van der Waals surface area contributed by atoms with E-state index in [1.807, 2.05) is 41.2 Å². The number of nitrogens with two attached hydrogens (primary N) is 1. The maximum Gasteiger partial charge on any atom is 0.217 e. The lowest BCUT2D eigenvalue weighted by atomic mass is 10.2. The number of amides is 1. The highest BCUT2D eigenvalue weighted by Gasteiger charge is 2.20. The topological polar surface area (TPSA) is 109 Å². The molecule has 0 spiro atoms. The van der Waals surface area contributed by atoms with E-state index in [9.17, 15) is 14.0 Å². The average molecular weight is 496 g/mol. The Bertz CT molecular complexity index is 1370. The third-order valence-electron chi connectivity index (χ3n) is 5.76. The molecule has 182 valence electrons. The van der Waals surface area contributed by atoms with E-state index in [0.717, 1.165) is 11.4 Å². The van der Waals surface area contributed by atoms with Crippen LogP contribution < -0.4 is 5.73 Å². The molecular weight excluding hydrogens is 469 g/mol. The van der Waals surface area contributed by atoms with Gasteiger partial charge in [-0.2, -0.15) is 0 Å². The molecule has 0 fully saturated rings. The van der Waals surface area contributed by atoms with Crippen LogP contribution in [-0.2, 0) is 17.8 Å². The van der Waals surface area contributed by atoms with Crippen molar-refractivity contribution in [3.63, 3.8) is 0 Å². The minimum absolute atomic E-state index is 0.0758. The fraction of sp³-hybridized carbons (Fsp3) is 0.280. The van der Waals surface area contributed by atoms with Gasteiger partial charge in [-0.1, -0.05) is 17.8 Å². The molecule has 4 aromatic rings. The number of halogens is 1. The van der Waals surface area contributed by atoms with Crippen molar-refractivity contribution in [2.75, 3.05) is 5.75 Å². The Hall–Kier alpha value is -3.66. The molecule has 0 aliphatic rings. The molecule has 35 heavy (non-hydrogen) atoms. The fourth-order valence-corrected chi connectivity index (χ4v) is 4.77. The van der Waals surface area contributed by atoms with Gasteiger partial charge in [0.1, 0.15) is 17.4 Å². The number of thioether (sulfide) groups is 1. The number of nitrogens with zero attached hydrogens (tertiary/aromatic N) is 4. The molecule has 0 unspecified atom stereocenters. The summed E-state index contributed by atoms with van der Waals surface area (Å²) in [5.41, 5.74) is 8.69. The Balaban J connectivity index is 1.54. The lowest BCUT2D eigenvalue weighted by Crippen LogP contribution is -2.14. The summed E-state index contributed by atoms with van der Waals surface area (Å²) in [5.74, 6) is 0.640. The van der Waals surface area contributed by atoms with Crippen molar-refractivity contribution in [1.82, 2.24) is 19.3 Å². The van der Waals surface area contributed by atoms with Crippen molar-refractivity contribution in [2.24, 2.45) is 5.73 Å². The van der Waals surface area contributed by atoms with Gasteiger partial charge in [-0.05, 0) is 56.7 Å². The number of ketones is 1. The lowest BCUT2D eigenvalue weighted by molar-refractivity contribution is -0.118. The molecule has 8 nitrogen and oxygen atoms in total. The summed E-state index contributed by atoms with van der Waals surface area (Å²) in [6.45, 7) is 5.83. The molecule has 0 atom stereocenters. The first-order valence-electron chi connectivity index (χ1n) is 11.1.